The number of alkyl carbamates (subject to hydrolysis) is 1. The summed E-state index contributed by atoms with van der Waals surface area (Å²) in [7, 11) is 1.33. The lowest BCUT2D eigenvalue weighted by atomic mass is 9.75. The van der Waals surface area contributed by atoms with Gasteiger partial charge in [-0.25, -0.2) is 9.59 Å². The van der Waals surface area contributed by atoms with Crippen LogP contribution in [0.1, 0.15) is 65.4 Å². The first-order valence-corrected chi connectivity index (χ1v) is 11.6. The third-order valence-corrected chi connectivity index (χ3v) is 5.90. The van der Waals surface area contributed by atoms with E-state index in [0.29, 0.717) is 12.8 Å². The summed E-state index contributed by atoms with van der Waals surface area (Å²) in [5.74, 6) is -0.986. The molecular formula is C25H38N2O5. The van der Waals surface area contributed by atoms with Crippen LogP contribution in [-0.4, -0.2) is 42.8 Å². The molecule has 1 aromatic carbocycles. The molecule has 0 aliphatic heterocycles. The highest BCUT2D eigenvalue weighted by molar-refractivity contribution is 5.86. The van der Waals surface area contributed by atoms with Gasteiger partial charge in [0.05, 0.1) is 7.11 Å². The van der Waals surface area contributed by atoms with Crippen LogP contribution in [0.4, 0.5) is 4.79 Å². The predicted molar refractivity (Wildman–Crippen MR) is 123 cm³/mol. The summed E-state index contributed by atoms with van der Waals surface area (Å²) >= 11 is 0. The van der Waals surface area contributed by atoms with Crippen LogP contribution in [0, 0.1) is 11.8 Å². The van der Waals surface area contributed by atoms with Gasteiger partial charge < -0.3 is 20.1 Å². The monoisotopic (exact) mass is 446 g/mol. The molecule has 0 aromatic heterocycles. The normalized spacial score (nSPS) is 20.5. The lowest BCUT2D eigenvalue weighted by Crippen LogP contribution is -2.52. The molecule has 0 heterocycles. The molecular weight excluding hydrogens is 408 g/mol. The number of carbonyl (C=O) groups is 3. The van der Waals surface area contributed by atoms with Crippen LogP contribution in [0.2, 0.25) is 0 Å². The van der Waals surface area contributed by atoms with Gasteiger partial charge in [0.25, 0.3) is 0 Å². The van der Waals surface area contributed by atoms with Crippen molar-refractivity contribution in [3.05, 3.63) is 35.9 Å². The van der Waals surface area contributed by atoms with E-state index in [9.17, 15) is 14.4 Å². The maximum Gasteiger partial charge on any atom is 0.407 e. The number of ether oxygens (including phenoxy) is 2. The lowest BCUT2D eigenvalue weighted by Gasteiger charge is -2.37. The molecule has 0 radical (unpaired) electrons. The van der Waals surface area contributed by atoms with E-state index < -0.39 is 23.7 Å². The highest BCUT2D eigenvalue weighted by Crippen LogP contribution is 2.33. The standard InChI is InChI=1S/C25H38N2O5/c1-6-18(19-14-10-11-15-20(19)27-24(30)32-25(2,3)4)22(28)26-21(23(29)31-5)16-17-12-8-7-9-13-17/h7-9,12-13,18-21H,6,10-11,14-16H2,1-5H3,(H,26,28)(H,27,30)/t18-,19-,20-,21-/m0/s1. The second-order valence-corrected chi connectivity index (χ2v) is 9.49. The summed E-state index contributed by atoms with van der Waals surface area (Å²) < 4.78 is 10.4. The van der Waals surface area contributed by atoms with Crippen molar-refractivity contribution in [3.63, 3.8) is 0 Å². The van der Waals surface area contributed by atoms with E-state index in [1.165, 1.54) is 7.11 Å². The van der Waals surface area contributed by atoms with Crippen molar-refractivity contribution in [2.75, 3.05) is 7.11 Å². The van der Waals surface area contributed by atoms with Crippen molar-refractivity contribution in [1.29, 1.82) is 0 Å². The van der Waals surface area contributed by atoms with Crippen molar-refractivity contribution in [2.45, 2.75) is 83.9 Å². The summed E-state index contributed by atoms with van der Waals surface area (Å²) in [6, 6.07) is 8.64. The van der Waals surface area contributed by atoms with Gasteiger partial charge >= 0.3 is 12.1 Å². The largest absolute Gasteiger partial charge is 0.467 e. The number of methoxy groups -OCH3 is 1. The van der Waals surface area contributed by atoms with Crippen LogP contribution in [0.15, 0.2) is 30.3 Å². The topological polar surface area (TPSA) is 93.7 Å². The predicted octanol–water partition coefficient (Wildman–Crippen LogP) is 4.00. The number of hydrogen-bond acceptors (Lipinski definition) is 5. The van der Waals surface area contributed by atoms with E-state index in [-0.39, 0.29) is 23.8 Å². The maximum absolute atomic E-state index is 13.3. The minimum atomic E-state index is -0.759. The molecule has 0 bridgehead atoms. The Bertz CT molecular complexity index is 759. The third kappa shape index (κ3) is 7.84. The van der Waals surface area contributed by atoms with Crippen LogP contribution in [0.3, 0.4) is 0 Å². The molecule has 0 unspecified atom stereocenters. The molecule has 0 spiro atoms. The van der Waals surface area contributed by atoms with Crippen LogP contribution >= 0.6 is 0 Å². The molecule has 178 valence electrons. The molecule has 1 aromatic rings. The molecule has 2 N–H and O–H groups in total. The summed E-state index contributed by atoms with van der Waals surface area (Å²) in [6.45, 7) is 7.44. The Morgan fingerprint density at radius 3 is 2.34 bits per heavy atom. The maximum atomic E-state index is 13.3. The molecule has 2 amide bonds. The number of amides is 2. The van der Waals surface area contributed by atoms with Gasteiger partial charge in [0.2, 0.25) is 5.91 Å². The molecule has 7 heteroatoms. The Morgan fingerprint density at radius 2 is 1.75 bits per heavy atom. The third-order valence-electron chi connectivity index (χ3n) is 5.90. The lowest BCUT2D eigenvalue weighted by molar-refractivity contribution is -0.146. The van der Waals surface area contributed by atoms with Crippen molar-refractivity contribution in [1.82, 2.24) is 10.6 Å². The fourth-order valence-corrected chi connectivity index (χ4v) is 4.43. The molecule has 1 aliphatic carbocycles. The van der Waals surface area contributed by atoms with Gasteiger partial charge in [0.15, 0.2) is 0 Å². The molecule has 1 fully saturated rings. The number of nitrogens with one attached hydrogen (secondary N) is 2. The van der Waals surface area contributed by atoms with Gasteiger partial charge in [-0.05, 0) is 51.5 Å². The second kappa shape index (κ2) is 11.9. The second-order valence-electron chi connectivity index (χ2n) is 9.49. The van der Waals surface area contributed by atoms with E-state index in [0.717, 1.165) is 31.2 Å². The minimum absolute atomic E-state index is 0.0173. The summed E-state index contributed by atoms with van der Waals surface area (Å²) in [6.07, 6.45) is 4.16. The molecule has 1 saturated carbocycles. The Balaban J connectivity index is 2.11. The highest BCUT2D eigenvalue weighted by Gasteiger charge is 2.37. The molecule has 1 aliphatic rings. The summed E-state index contributed by atoms with van der Waals surface area (Å²) in [5, 5.41) is 5.91. The molecule has 0 saturated heterocycles. The smallest absolute Gasteiger partial charge is 0.407 e. The first kappa shape index (κ1) is 25.7. The number of carbonyl (C=O) groups excluding carboxylic acids is 3. The van der Waals surface area contributed by atoms with Crippen LogP contribution in [-0.2, 0) is 25.5 Å². The Labute approximate surface area is 191 Å². The molecule has 4 atom stereocenters. The van der Waals surface area contributed by atoms with E-state index in [4.69, 9.17) is 9.47 Å². The van der Waals surface area contributed by atoms with Gasteiger partial charge in [-0.1, -0.05) is 50.1 Å². The number of benzene rings is 1. The zero-order valence-corrected chi connectivity index (χ0v) is 20.0. The van der Waals surface area contributed by atoms with Crippen molar-refractivity contribution >= 4 is 18.0 Å². The minimum Gasteiger partial charge on any atom is -0.467 e. The van der Waals surface area contributed by atoms with E-state index in [1.54, 1.807) is 0 Å². The van der Waals surface area contributed by atoms with Crippen molar-refractivity contribution in [3.8, 4) is 0 Å². The molecule has 7 nitrogen and oxygen atoms in total. The van der Waals surface area contributed by atoms with Crippen molar-refractivity contribution < 1.29 is 23.9 Å². The number of hydrogen-bond donors (Lipinski definition) is 2. The SMILES string of the molecule is CC[C@H](C(=O)N[C@@H](Cc1ccccc1)C(=O)OC)[C@@H]1CCCC[C@@H]1NC(=O)OC(C)(C)C. The Kier molecular flexibility index (Phi) is 9.54. The number of esters is 1. The summed E-state index contributed by atoms with van der Waals surface area (Å²) in [5.41, 5.74) is 0.361. The quantitative estimate of drug-likeness (QED) is 0.589. The van der Waals surface area contributed by atoms with Gasteiger partial charge in [0, 0.05) is 18.4 Å². The Hall–Kier alpha value is -2.57. The van der Waals surface area contributed by atoms with Crippen LogP contribution in [0.25, 0.3) is 0 Å². The van der Waals surface area contributed by atoms with Crippen LogP contribution in [0.5, 0.6) is 0 Å². The molecule has 2 rings (SSSR count). The van der Waals surface area contributed by atoms with Gasteiger partial charge in [-0.15, -0.1) is 0 Å². The summed E-state index contributed by atoms with van der Waals surface area (Å²) in [4.78, 5) is 38.0. The Morgan fingerprint density at radius 1 is 1.09 bits per heavy atom. The average molecular weight is 447 g/mol. The molecule has 32 heavy (non-hydrogen) atoms. The van der Waals surface area contributed by atoms with Gasteiger partial charge in [-0.3, -0.25) is 4.79 Å². The van der Waals surface area contributed by atoms with Gasteiger partial charge in [-0.2, -0.15) is 0 Å². The van der Waals surface area contributed by atoms with E-state index in [1.807, 2.05) is 58.0 Å². The fraction of sp³-hybridized carbons (Fsp3) is 0.640. The zero-order chi connectivity index (χ0) is 23.7. The number of rotatable bonds is 8. The first-order valence-electron chi connectivity index (χ1n) is 11.6. The fourth-order valence-electron chi connectivity index (χ4n) is 4.43. The van der Waals surface area contributed by atoms with E-state index >= 15 is 0 Å². The highest BCUT2D eigenvalue weighted by atomic mass is 16.6. The van der Waals surface area contributed by atoms with Crippen molar-refractivity contribution in [2.24, 2.45) is 11.8 Å². The van der Waals surface area contributed by atoms with Gasteiger partial charge in [0.1, 0.15) is 11.6 Å². The zero-order valence-electron chi connectivity index (χ0n) is 20.0. The van der Waals surface area contributed by atoms with E-state index in [2.05, 4.69) is 10.6 Å². The average Bonchev–Trinajstić information content (AvgIpc) is 2.73. The van der Waals surface area contributed by atoms with Crippen LogP contribution < -0.4 is 10.6 Å². The first-order chi connectivity index (χ1) is 15.1.